The summed E-state index contributed by atoms with van der Waals surface area (Å²) in [6.45, 7) is 0. The smallest absolute Gasteiger partial charge is 0.225 e. The minimum absolute atomic E-state index is 0.0343. The van der Waals surface area contributed by atoms with Crippen LogP contribution in [0.2, 0.25) is 0 Å². The van der Waals surface area contributed by atoms with Crippen molar-refractivity contribution in [2.24, 2.45) is 5.92 Å². The number of carbonyl (C=O) groups excluding carboxylic acids is 2. The van der Waals surface area contributed by atoms with Crippen LogP contribution in [0.3, 0.4) is 0 Å². The van der Waals surface area contributed by atoms with E-state index in [1.165, 1.54) is 0 Å². The second kappa shape index (κ2) is 4.25. The number of nitrogens with one attached hydrogen (secondary N) is 1. The molecular weight excluding hydrogens is 224 g/mol. The van der Waals surface area contributed by atoms with Gasteiger partial charge in [0, 0.05) is 25.4 Å². The normalized spacial score (nSPS) is 24.9. The SMILES string of the molecule is CNC(=O)[C@@H]1CC(=O)N(C)[C@H]1c1cccs1. The van der Waals surface area contributed by atoms with Crippen LogP contribution in [0.15, 0.2) is 17.5 Å². The Bertz CT molecular complexity index is 402. The molecular formula is C11H14N2O2S. The molecule has 2 atom stereocenters. The van der Waals surface area contributed by atoms with Gasteiger partial charge in [0.1, 0.15) is 0 Å². The van der Waals surface area contributed by atoms with Gasteiger partial charge in [-0.2, -0.15) is 0 Å². The highest BCUT2D eigenvalue weighted by atomic mass is 32.1. The Labute approximate surface area is 98.3 Å². The first-order valence-corrected chi connectivity index (χ1v) is 6.03. The van der Waals surface area contributed by atoms with Crippen molar-refractivity contribution >= 4 is 23.2 Å². The Morgan fingerprint density at radius 3 is 2.94 bits per heavy atom. The fourth-order valence-electron chi connectivity index (χ4n) is 2.14. The maximum absolute atomic E-state index is 11.7. The second-order valence-electron chi connectivity index (χ2n) is 3.89. The van der Waals surface area contributed by atoms with Gasteiger partial charge < -0.3 is 10.2 Å². The highest BCUT2D eigenvalue weighted by molar-refractivity contribution is 7.10. The first-order chi connectivity index (χ1) is 7.65. The van der Waals surface area contributed by atoms with Crippen molar-refractivity contribution < 1.29 is 9.59 Å². The summed E-state index contributed by atoms with van der Waals surface area (Å²) in [5.74, 6) is -0.288. The number of hydrogen-bond acceptors (Lipinski definition) is 3. The molecule has 2 amide bonds. The Morgan fingerprint density at radius 2 is 2.38 bits per heavy atom. The summed E-state index contributed by atoms with van der Waals surface area (Å²) < 4.78 is 0. The van der Waals surface area contributed by atoms with Gasteiger partial charge in [0.25, 0.3) is 0 Å². The predicted octanol–water partition coefficient (Wildman–Crippen LogP) is 1.01. The van der Waals surface area contributed by atoms with E-state index in [1.54, 1.807) is 30.3 Å². The van der Waals surface area contributed by atoms with Gasteiger partial charge >= 0.3 is 0 Å². The molecule has 0 aromatic carbocycles. The van der Waals surface area contributed by atoms with Gasteiger partial charge in [0.05, 0.1) is 12.0 Å². The molecule has 16 heavy (non-hydrogen) atoms. The van der Waals surface area contributed by atoms with Gasteiger partial charge in [0.15, 0.2) is 0 Å². The molecule has 0 saturated carbocycles. The summed E-state index contributed by atoms with van der Waals surface area (Å²) in [7, 11) is 3.37. The highest BCUT2D eigenvalue weighted by Crippen LogP contribution is 2.38. The first-order valence-electron chi connectivity index (χ1n) is 5.15. The number of amides is 2. The third kappa shape index (κ3) is 1.71. The zero-order valence-corrected chi connectivity index (χ0v) is 10.1. The molecule has 5 heteroatoms. The monoisotopic (exact) mass is 238 g/mol. The molecule has 1 N–H and O–H groups in total. The van der Waals surface area contributed by atoms with E-state index >= 15 is 0 Å². The Kier molecular flexibility index (Phi) is 2.96. The molecule has 4 nitrogen and oxygen atoms in total. The molecule has 1 fully saturated rings. The van der Waals surface area contributed by atoms with E-state index in [0.29, 0.717) is 6.42 Å². The largest absolute Gasteiger partial charge is 0.359 e. The second-order valence-corrected chi connectivity index (χ2v) is 4.87. The number of rotatable bonds is 2. The predicted molar refractivity (Wildman–Crippen MR) is 62.0 cm³/mol. The van der Waals surface area contributed by atoms with Crippen LogP contribution in [0.25, 0.3) is 0 Å². The maximum atomic E-state index is 11.7. The van der Waals surface area contributed by atoms with E-state index in [-0.39, 0.29) is 23.8 Å². The average Bonchev–Trinajstić information content (AvgIpc) is 2.87. The fraction of sp³-hybridized carbons (Fsp3) is 0.455. The van der Waals surface area contributed by atoms with Gasteiger partial charge in [-0.15, -0.1) is 11.3 Å². The number of thiophene rings is 1. The molecule has 1 aromatic heterocycles. The summed E-state index contributed by atoms with van der Waals surface area (Å²) in [6, 6.07) is 3.81. The number of likely N-dealkylation sites (tertiary alicyclic amines) is 1. The van der Waals surface area contributed by atoms with Gasteiger partial charge in [-0.05, 0) is 11.4 Å². The Morgan fingerprint density at radius 1 is 1.62 bits per heavy atom. The van der Waals surface area contributed by atoms with Crippen molar-refractivity contribution in [3.05, 3.63) is 22.4 Å². The van der Waals surface area contributed by atoms with Crippen LogP contribution in [-0.2, 0) is 9.59 Å². The average molecular weight is 238 g/mol. The Balaban J connectivity index is 2.31. The third-order valence-electron chi connectivity index (χ3n) is 3.00. The van der Waals surface area contributed by atoms with E-state index in [4.69, 9.17) is 0 Å². The van der Waals surface area contributed by atoms with Crippen molar-refractivity contribution in [3.63, 3.8) is 0 Å². The zero-order chi connectivity index (χ0) is 11.7. The summed E-state index contributed by atoms with van der Waals surface area (Å²) >= 11 is 1.58. The van der Waals surface area contributed by atoms with Crippen LogP contribution < -0.4 is 5.32 Å². The van der Waals surface area contributed by atoms with E-state index < -0.39 is 0 Å². The lowest BCUT2D eigenvalue weighted by Gasteiger charge is -2.22. The summed E-state index contributed by atoms with van der Waals surface area (Å²) in [4.78, 5) is 26.1. The van der Waals surface area contributed by atoms with Crippen molar-refractivity contribution in [2.45, 2.75) is 12.5 Å². The minimum atomic E-state index is -0.263. The lowest BCUT2D eigenvalue weighted by atomic mass is 9.98. The standard InChI is InChI=1S/C11H14N2O2S/c1-12-11(15)7-6-9(14)13(2)10(7)8-4-3-5-16-8/h3-5,7,10H,6H2,1-2H3,(H,12,15)/t7-,10-/m1/s1. The van der Waals surface area contributed by atoms with Crippen LogP contribution in [0.5, 0.6) is 0 Å². The molecule has 1 saturated heterocycles. The van der Waals surface area contributed by atoms with E-state index in [1.807, 2.05) is 17.5 Å². The van der Waals surface area contributed by atoms with E-state index in [2.05, 4.69) is 5.32 Å². The molecule has 86 valence electrons. The molecule has 1 aliphatic rings. The van der Waals surface area contributed by atoms with Gasteiger partial charge in [-0.3, -0.25) is 9.59 Å². The first kappa shape index (κ1) is 11.1. The molecule has 1 aromatic rings. The third-order valence-corrected chi connectivity index (χ3v) is 3.95. The molecule has 0 aliphatic carbocycles. The van der Waals surface area contributed by atoms with Crippen LogP contribution in [-0.4, -0.2) is 30.8 Å². The molecule has 0 radical (unpaired) electrons. The maximum Gasteiger partial charge on any atom is 0.225 e. The summed E-state index contributed by atoms with van der Waals surface area (Å²) in [5, 5.41) is 4.59. The fourth-order valence-corrected chi connectivity index (χ4v) is 3.07. The molecule has 0 spiro atoms. The minimum Gasteiger partial charge on any atom is -0.359 e. The lowest BCUT2D eigenvalue weighted by Crippen LogP contribution is -2.32. The number of nitrogens with zero attached hydrogens (tertiary/aromatic N) is 1. The van der Waals surface area contributed by atoms with E-state index in [0.717, 1.165) is 4.88 Å². The molecule has 1 aliphatic heterocycles. The lowest BCUT2D eigenvalue weighted by molar-refractivity contribution is -0.128. The van der Waals surface area contributed by atoms with E-state index in [9.17, 15) is 9.59 Å². The molecule has 0 unspecified atom stereocenters. The van der Waals surface area contributed by atoms with Crippen LogP contribution in [0.1, 0.15) is 17.3 Å². The van der Waals surface area contributed by atoms with Crippen LogP contribution in [0.4, 0.5) is 0 Å². The highest BCUT2D eigenvalue weighted by Gasteiger charge is 2.42. The van der Waals surface area contributed by atoms with Crippen LogP contribution >= 0.6 is 11.3 Å². The molecule has 2 rings (SSSR count). The summed E-state index contributed by atoms with van der Waals surface area (Å²) in [6.07, 6.45) is 0.304. The van der Waals surface area contributed by atoms with Crippen molar-refractivity contribution in [1.29, 1.82) is 0 Å². The van der Waals surface area contributed by atoms with Crippen molar-refractivity contribution in [1.82, 2.24) is 10.2 Å². The number of carbonyl (C=O) groups is 2. The quantitative estimate of drug-likeness (QED) is 0.836. The Hall–Kier alpha value is -1.36. The van der Waals surface area contributed by atoms with Crippen LogP contribution in [0, 0.1) is 5.92 Å². The van der Waals surface area contributed by atoms with Gasteiger partial charge in [-0.25, -0.2) is 0 Å². The van der Waals surface area contributed by atoms with Crippen molar-refractivity contribution in [3.8, 4) is 0 Å². The topological polar surface area (TPSA) is 49.4 Å². The zero-order valence-electron chi connectivity index (χ0n) is 9.27. The number of hydrogen-bond donors (Lipinski definition) is 1. The van der Waals surface area contributed by atoms with Gasteiger partial charge in [0.2, 0.25) is 11.8 Å². The van der Waals surface area contributed by atoms with Gasteiger partial charge in [-0.1, -0.05) is 6.07 Å². The van der Waals surface area contributed by atoms with Crippen molar-refractivity contribution in [2.75, 3.05) is 14.1 Å². The molecule has 2 heterocycles. The summed E-state index contributed by atoms with van der Waals surface area (Å²) in [5.41, 5.74) is 0. The molecule has 0 bridgehead atoms.